The summed E-state index contributed by atoms with van der Waals surface area (Å²) in [5.41, 5.74) is 0. The molecule has 0 aromatic rings. The molecule has 0 aromatic carbocycles. The summed E-state index contributed by atoms with van der Waals surface area (Å²) < 4.78 is 0. The first-order chi connectivity index (χ1) is 6.68. The van der Waals surface area contributed by atoms with Gasteiger partial charge in [-0.1, -0.05) is 19.3 Å². The Bertz CT molecular complexity index is 176. The van der Waals surface area contributed by atoms with Crippen LogP contribution in [0.4, 0.5) is 0 Å². The standard InChI is InChI=1S/C11H21NO2/c1-9(7-11(13)14)12-8-10-5-3-2-4-6-10/h9-10,12H,2-8H2,1H3,(H,13,14). The molecule has 2 N–H and O–H groups in total. The van der Waals surface area contributed by atoms with Gasteiger partial charge in [0.05, 0.1) is 6.42 Å². The van der Waals surface area contributed by atoms with Crippen molar-refractivity contribution in [2.75, 3.05) is 6.54 Å². The first-order valence-corrected chi connectivity index (χ1v) is 5.63. The van der Waals surface area contributed by atoms with Crippen LogP contribution in [0.1, 0.15) is 45.4 Å². The summed E-state index contributed by atoms with van der Waals surface area (Å²) in [5.74, 6) is 0.0636. The highest BCUT2D eigenvalue weighted by atomic mass is 16.4. The van der Waals surface area contributed by atoms with E-state index in [1.807, 2.05) is 6.92 Å². The minimum atomic E-state index is -0.714. The smallest absolute Gasteiger partial charge is 0.304 e. The Morgan fingerprint density at radius 3 is 2.64 bits per heavy atom. The highest BCUT2D eigenvalue weighted by molar-refractivity contribution is 5.67. The summed E-state index contributed by atoms with van der Waals surface area (Å²) in [6, 6.07) is 0.106. The van der Waals surface area contributed by atoms with Gasteiger partial charge in [0, 0.05) is 6.04 Å². The second kappa shape index (κ2) is 6.02. The van der Waals surface area contributed by atoms with Crippen molar-refractivity contribution in [3.8, 4) is 0 Å². The van der Waals surface area contributed by atoms with Crippen molar-refractivity contribution in [2.45, 2.75) is 51.5 Å². The van der Waals surface area contributed by atoms with Crippen LogP contribution in [0.2, 0.25) is 0 Å². The lowest BCUT2D eigenvalue weighted by Gasteiger charge is -2.23. The van der Waals surface area contributed by atoms with Crippen LogP contribution >= 0.6 is 0 Å². The van der Waals surface area contributed by atoms with Crippen LogP contribution in [-0.4, -0.2) is 23.7 Å². The Morgan fingerprint density at radius 2 is 2.07 bits per heavy atom. The van der Waals surface area contributed by atoms with E-state index in [4.69, 9.17) is 5.11 Å². The van der Waals surface area contributed by atoms with E-state index >= 15 is 0 Å². The zero-order valence-corrected chi connectivity index (χ0v) is 8.96. The Morgan fingerprint density at radius 1 is 1.43 bits per heavy atom. The van der Waals surface area contributed by atoms with E-state index in [1.165, 1.54) is 32.1 Å². The average molecular weight is 199 g/mol. The number of carboxylic acid groups (broad SMARTS) is 1. The van der Waals surface area contributed by atoms with Gasteiger partial charge in [-0.3, -0.25) is 4.79 Å². The largest absolute Gasteiger partial charge is 0.481 e. The number of nitrogens with one attached hydrogen (secondary N) is 1. The van der Waals surface area contributed by atoms with Crippen LogP contribution in [-0.2, 0) is 4.79 Å². The molecular weight excluding hydrogens is 178 g/mol. The van der Waals surface area contributed by atoms with Crippen molar-refractivity contribution < 1.29 is 9.90 Å². The number of carboxylic acids is 1. The van der Waals surface area contributed by atoms with Gasteiger partial charge in [-0.15, -0.1) is 0 Å². The molecule has 0 saturated heterocycles. The zero-order chi connectivity index (χ0) is 10.4. The summed E-state index contributed by atoms with van der Waals surface area (Å²) in [4.78, 5) is 10.4. The predicted molar refractivity (Wildman–Crippen MR) is 56.3 cm³/mol. The van der Waals surface area contributed by atoms with Crippen LogP contribution in [0.5, 0.6) is 0 Å². The fourth-order valence-electron chi connectivity index (χ4n) is 2.09. The van der Waals surface area contributed by atoms with Crippen molar-refractivity contribution in [1.82, 2.24) is 5.32 Å². The van der Waals surface area contributed by atoms with E-state index in [0.717, 1.165) is 12.5 Å². The van der Waals surface area contributed by atoms with Crippen LogP contribution in [0.3, 0.4) is 0 Å². The molecule has 0 radical (unpaired) electrons. The SMILES string of the molecule is CC(CC(=O)O)NCC1CCCCC1. The highest BCUT2D eigenvalue weighted by Crippen LogP contribution is 2.22. The van der Waals surface area contributed by atoms with Crippen LogP contribution < -0.4 is 5.32 Å². The molecule has 1 atom stereocenters. The lowest BCUT2D eigenvalue weighted by Crippen LogP contribution is -2.33. The lowest BCUT2D eigenvalue weighted by molar-refractivity contribution is -0.137. The zero-order valence-electron chi connectivity index (χ0n) is 8.96. The number of hydrogen-bond donors (Lipinski definition) is 2. The summed E-state index contributed by atoms with van der Waals surface area (Å²) in [6.07, 6.45) is 6.92. The number of aliphatic carboxylic acids is 1. The molecule has 1 unspecified atom stereocenters. The summed E-state index contributed by atoms with van der Waals surface area (Å²) in [5, 5.41) is 11.9. The van der Waals surface area contributed by atoms with Gasteiger partial charge in [-0.25, -0.2) is 0 Å². The van der Waals surface area contributed by atoms with E-state index in [1.54, 1.807) is 0 Å². The van der Waals surface area contributed by atoms with Crippen LogP contribution in [0.15, 0.2) is 0 Å². The Kier molecular flexibility index (Phi) is 4.94. The van der Waals surface area contributed by atoms with Gasteiger partial charge in [0.25, 0.3) is 0 Å². The minimum absolute atomic E-state index is 0.106. The monoisotopic (exact) mass is 199 g/mol. The molecule has 1 rings (SSSR count). The molecule has 0 aromatic heterocycles. The van der Waals surface area contributed by atoms with Gasteiger partial charge in [-0.05, 0) is 32.2 Å². The molecule has 14 heavy (non-hydrogen) atoms. The summed E-state index contributed by atoms with van der Waals surface area (Å²) in [7, 11) is 0. The normalized spacial score (nSPS) is 20.6. The summed E-state index contributed by atoms with van der Waals surface area (Å²) in [6.45, 7) is 2.94. The topological polar surface area (TPSA) is 49.3 Å². The third-order valence-corrected chi connectivity index (χ3v) is 2.96. The quantitative estimate of drug-likeness (QED) is 0.712. The van der Waals surface area contributed by atoms with Gasteiger partial charge in [0.2, 0.25) is 0 Å². The minimum Gasteiger partial charge on any atom is -0.481 e. The fourth-order valence-corrected chi connectivity index (χ4v) is 2.09. The van der Waals surface area contributed by atoms with E-state index < -0.39 is 5.97 Å². The number of rotatable bonds is 5. The van der Waals surface area contributed by atoms with E-state index in [2.05, 4.69) is 5.32 Å². The molecule has 3 heteroatoms. The Labute approximate surface area is 85.9 Å². The molecule has 1 fully saturated rings. The van der Waals surface area contributed by atoms with Crippen LogP contribution in [0.25, 0.3) is 0 Å². The predicted octanol–water partition coefficient (Wildman–Crippen LogP) is 2.02. The summed E-state index contributed by atoms with van der Waals surface area (Å²) >= 11 is 0. The van der Waals surface area contributed by atoms with Gasteiger partial charge >= 0.3 is 5.97 Å². The van der Waals surface area contributed by atoms with Crippen molar-refractivity contribution in [3.63, 3.8) is 0 Å². The van der Waals surface area contributed by atoms with E-state index in [-0.39, 0.29) is 12.5 Å². The Balaban J connectivity index is 2.09. The van der Waals surface area contributed by atoms with Crippen molar-refractivity contribution in [2.24, 2.45) is 5.92 Å². The van der Waals surface area contributed by atoms with Crippen LogP contribution in [0, 0.1) is 5.92 Å². The molecular formula is C11H21NO2. The van der Waals surface area contributed by atoms with E-state index in [9.17, 15) is 4.79 Å². The average Bonchev–Trinajstić information content (AvgIpc) is 2.15. The van der Waals surface area contributed by atoms with Crippen molar-refractivity contribution in [3.05, 3.63) is 0 Å². The molecule has 0 aliphatic heterocycles. The second-order valence-electron chi connectivity index (χ2n) is 4.41. The van der Waals surface area contributed by atoms with Crippen molar-refractivity contribution in [1.29, 1.82) is 0 Å². The van der Waals surface area contributed by atoms with Gasteiger partial charge in [0.15, 0.2) is 0 Å². The maximum Gasteiger partial charge on any atom is 0.304 e. The highest BCUT2D eigenvalue weighted by Gasteiger charge is 2.14. The molecule has 0 bridgehead atoms. The third-order valence-electron chi connectivity index (χ3n) is 2.96. The molecule has 0 amide bonds. The molecule has 1 aliphatic rings. The third kappa shape index (κ3) is 4.61. The maximum absolute atomic E-state index is 10.4. The van der Waals surface area contributed by atoms with Crippen molar-refractivity contribution >= 4 is 5.97 Å². The molecule has 0 spiro atoms. The number of hydrogen-bond acceptors (Lipinski definition) is 2. The van der Waals surface area contributed by atoms with Gasteiger partial charge < -0.3 is 10.4 Å². The molecule has 1 aliphatic carbocycles. The first-order valence-electron chi connectivity index (χ1n) is 5.63. The van der Waals surface area contributed by atoms with Gasteiger partial charge in [0.1, 0.15) is 0 Å². The Hall–Kier alpha value is -0.570. The van der Waals surface area contributed by atoms with Gasteiger partial charge in [-0.2, -0.15) is 0 Å². The molecule has 0 heterocycles. The van der Waals surface area contributed by atoms with E-state index in [0.29, 0.717) is 0 Å². The lowest BCUT2D eigenvalue weighted by atomic mass is 9.89. The molecule has 1 saturated carbocycles. The molecule has 82 valence electrons. The number of carbonyl (C=O) groups is 1. The second-order valence-corrected chi connectivity index (χ2v) is 4.41. The first kappa shape index (κ1) is 11.5. The maximum atomic E-state index is 10.4. The fraction of sp³-hybridized carbons (Fsp3) is 0.909. The molecule has 3 nitrogen and oxygen atoms in total.